The van der Waals surface area contributed by atoms with Gasteiger partial charge in [-0.2, -0.15) is 12.7 Å². The molecule has 0 unspecified atom stereocenters. The molecule has 0 aromatic heterocycles. The Morgan fingerprint density at radius 3 is 2.74 bits per heavy atom. The number of hydrogen-bond acceptors (Lipinski definition) is 5. The number of esters is 1. The number of benzene rings is 1. The monoisotopic (exact) mass is 341 g/mol. The molecule has 3 N–H and O–H groups in total. The van der Waals surface area contributed by atoms with Gasteiger partial charge >= 0.3 is 5.97 Å². The van der Waals surface area contributed by atoms with Crippen molar-refractivity contribution in [2.75, 3.05) is 19.6 Å². The van der Waals surface area contributed by atoms with Gasteiger partial charge < -0.3 is 10.5 Å². The molecule has 0 saturated carbocycles. The highest BCUT2D eigenvalue weighted by atomic mass is 32.2. The van der Waals surface area contributed by atoms with Crippen molar-refractivity contribution < 1.29 is 17.9 Å². The normalized spacial score (nSPS) is 22.2. The number of carbonyl (C=O) groups excluding carboxylic acids is 1. The maximum Gasteiger partial charge on any atom is 0.327 e. The van der Waals surface area contributed by atoms with Gasteiger partial charge in [-0.1, -0.05) is 37.3 Å². The van der Waals surface area contributed by atoms with Crippen LogP contribution in [0.3, 0.4) is 0 Å². The SMILES string of the molecule is CCCNS(=O)(=O)N1CC[C@](N)(C(=O)OCc2ccccc2)C1. The average Bonchev–Trinajstić information content (AvgIpc) is 2.96. The first-order valence-electron chi connectivity index (χ1n) is 7.62. The Morgan fingerprint density at radius 2 is 2.09 bits per heavy atom. The summed E-state index contributed by atoms with van der Waals surface area (Å²) < 4.78 is 33.1. The Morgan fingerprint density at radius 1 is 1.39 bits per heavy atom. The van der Waals surface area contributed by atoms with Crippen molar-refractivity contribution in [3.05, 3.63) is 35.9 Å². The smallest absolute Gasteiger partial charge is 0.327 e. The Balaban J connectivity index is 1.93. The second kappa shape index (κ2) is 7.39. The van der Waals surface area contributed by atoms with Crippen LogP contribution in [0.25, 0.3) is 0 Å². The highest BCUT2D eigenvalue weighted by molar-refractivity contribution is 7.87. The zero-order valence-electron chi connectivity index (χ0n) is 13.2. The summed E-state index contributed by atoms with van der Waals surface area (Å²) in [5.41, 5.74) is 5.64. The third-order valence-corrected chi connectivity index (χ3v) is 5.32. The molecule has 0 amide bonds. The van der Waals surface area contributed by atoms with E-state index in [0.717, 1.165) is 5.56 Å². The van der Waals surface area contributed by atoms with E-state index >= 15 is 0 Å². The van der Waals surface area contributed by atoms with Crippen LogP contribution in [0.5, 0.6) is 0 Å². The molecular weight excluding hydrogens is 318 g/mol. The number of nitrogens with one attached hydrogen (secondary N) is 1. The standard InChI is InChI=1S/C15H23N3O4S/c1-2-9-17-23(20,21)18-10-8-15(16,12-18)14(19)22-11-13-6-4-3-5-7-13/h3-7,17H,2,8-12,16H2,1H3/t15-/m1/s1. The van der Waals surface area contributed by atoms with Gasteiger partial charge in [0, 0.05) is 19.6 Å². The Kier molecular flexibility index (Phi) is 5.74. The van der Waals surface area contributed by atoms with Crippen LogP contribution in [-0.2, 0) is 26.3 Å². The van der Waals surface area contributed by atoms with Crippen LogP contribution >= 0.6 is 0 Å². The lowest BCUT2D eigenvalue weighted by Crippen LogP contribution is -2.52. The van der Waals surface area contributed by atoms with E-state index < -0.39 is 21.7 Å². The van der Waals surface area contributed by atoms with Crippen LogP contribution in [0.15, 0.2) is 30.3 Å². The van der Waals surface area contributed by atoms with Crippen molar-refractivity contribution in [1.82, 2.24) is 9.03 Å². The molecule has 0 aliphatic carbocycles. The van der Waals surface area contributed by atoms with E-state index in [1.807, 2.05) is 37.3 Å². The summed E-state index contributed by atoms with van der Waals surface area (Å²) in [5, 5.41) is 0. The maximum atomic E-state index is 12.2. The van der Waals surface area contributed by atoms with Crippen LogP contribution in [0.2, 0.25) is 0 Å². The summed E-state index contributed by atoms with van der Waals surface area (Å²) in [6.07, 6.45) is 0.938. The van der Waals surface area contributed by atoms with Gasteiger partial charge in [-0.25, -0.2) is 9.52 Å². The average molecular weight is 341 g/mol. The van der Waals surface area contributed by atoms with Gasteiger partial charge in [0.05, 0.1) is 0 Å². The molecule has 23 heavy (non-hydrogen) atoms. The van der Waals surface area contributed by atoms with E-state index in [4.69, 9.17) is 10.5 Å². The zero-order chi connectivity index (χ0) is 16.9. The van der Waals surface area contributed by atoms with E-state index in [0.29, 0.717) is 13.0 Å². The largest absolute Gasteiger partial charge is 0.459 e. The molecule has 0 bridgehead atoms. The summed E-state index contributed by atoms with van der Waals surface area (Å²) >= 11 is 0. The molecule has 128 valence electrons. The molecule has 1 aromatic carbocycles. The number of rotatable bonds is 7. The molecule has 0 spiro atoms. The van der Waals surface area contributed by atoms with Gasteiger partial charge in [-0.3, -0.25) is 0 Å². The van der Waals surface area contributed by atoms with Crippen LogP contribution in [-0.4, -0.2) is 43.9 Å². The van der Waals surface area contributed by atoms with Crippen molar-refractivity contribution >= 4 is 16.2 Å². The topological polar surface area (TPSA) is 102 Å². The molecule has 7 nitrogen and oxygen atoms in total. The van der Waals surface area contributed by atoms with Crippen LogP contribution in [0.1, 0.15) is 25.3 Å². The zero-order valence-corrected chi connectivity index (χ0v) is 14.0. The van der Waals surface area contributed by atoms with Gasteiger partial charge in [0.15, 0.2) is 0 Å². The lowest BCUT2D eigenvalue weighted by molar-refractivity contribution is -0.150. The van der Waals surface area contributed by atoms with Gasteiger partial charge in [0.25, 0.3) is 10.2 Å². The summed E-state index contributed by atoms with van der Waals surface area (Å²) in [6, 6.07) is 9.27. The second-order valence-corrected chi connectivity index (χ2v) is 7.46. The predicted molar refractivity (Wildman–Crippen MR) is 86.6 cm³/mol. The van der Waals surface area contributed by atoms with Gasteiger partial charge in [0.2, 0.25) is 0 Å². The maximum absolute atomic E-state index is 12.2. The molecular formula is C15H23N3O4S. The van der Waals surface area contributed by atoms with Crippen LogP contribution < -0.4 is 10.5 Å². The number of nitrogens with zero attached hydrogens (tertiary/aromatic N) is 1. The van der Waals surface area contributed by atoms with Crippen molar-refractivity contribution in [3.63, 3.8) is 0 Å². The Bertz CT molecular complexity index is 635. The van der Waals surface area contributed by atoms with Crippen LogP contribution in [0, 0.1) is 0 Å². The third-order valence-electron chi connectivity index (χ3n) is 3.76. The van der Waals surface area contributed by atoms with E-state index in [1.165, 1.54) is 4.31 Å². The lowest BCUT2D eigenvalue weighted by Gasteiger charge is -2.22. The molecule has 1 atom stereocenters. The minimum absolute atomic E-state index is 0.0698. The van der Waals surface area contributed by atoms with Crippen molar-refractivity contribution in [3.8, 4) is 0 Å². The molecule has 2 rings (SSSR count). The number of nitrogens with two attached hydrogens (primary N) is 1. The van der Waals surface area contributed by atoms with E-state index in [1.54, 1.807) is 0 Å². The Labute approximate surface area is 137 Å². The first-order chi connectivity index (χ1) is 10.9. The Hall–Kier alpha value is -1.48. The van der Waals surface area contributed by atoms with Gasteiger partial charge in [-0.05, 0) is 18.4 Å². The van der Waals surface area contributed by atoms with Crippen molar-refractivity contribution in [1.29, 1.82) is 0 Å². The summed E-state index contributed by atoms with van der Waals surface area (Å²) in [7, 11) is -3.60. The first kappa shape index (κ1) is 17.9. The lowest BCUT2D eigenvalue weighted by atomic mass is 10.0. The van der Waals surface area contributed by atoms with Crippen molar-refractivity contribution in [2.24, 2.45) is 5.73 Å². The predicted octanol–water partition coefficient (Wildman–Crippen LogP) is 0.377. The quantitative estimate of drug-likeness (QED) is 0.698. The van der Waals surface area contributed by atoms with Crippen molar-refractivity contribution in [2.45, 2.75) is 31.9 Å². The number of carbonyl (C=O) groups is 1. The van der Waals surface area contributed by atoms with Gasteiger partial charge in [-0.15, -0.1) is 0 Å². The molecule has 1 aliphatic heterocycles. The fraction of sp³-hybridized carbons (Fsp3) is 0.533. The summed E-state index contributed by atoms with van der Waals surface area (Å²) in [6.45, 7) is 2.49. The molecule has 0 radical (unpaired) electrons. The summed E-state index contributed by atoms with van der Waals surface area (Å²) in [4.78, 5) is 12.2. The van der Waals surface area contributed by atoms with Crippen LogP contribution in [0.4, 0.5) is 0 Å². The molecule has 8 heteroatoms. The molecule has 1 aromatic rings. The van der Waals surface area contributed by atoms with E-state index in [2.05, 4.69) is 4.72 Å². The van der Waals surface area contributed by atoms with E-state index in [9.17, 15) is 13.2 Å². The molecule has 1 aliphatic rings. The highest BCUT2D eigenvalue weighted by Crippen LogP contribution is 2.23. The van der Waals surface area contributed by atoms with E-state index in [-0.39, 0.29) is 26.1 Å². The highest BCUT2D eigenvalue weighted by Gasteiger charge is 2.46. The summed E-state index contributed by atoms with van der Waals surface area (Å²) in [5.74, 6) is -0.574. The molecule has 1 fully saturated rings. The number of ether oxygens (including phenoxy) is 1. The minimum atomic E-state index is -3.60. The third kappa shape index (κ3) is 4.51. The number of hydrogen-bond donors (Lipinski definition) is 2. The fourth-order valence-corrected chi connectivity index (χ4v) is 3.73. The second-order valence-electron chi connectivity index (χ2n) is 5.70. The fourth-order valence-electron chi connectivity index (χ4n) is 2.36. The molecule has 1 saturated heterocycles. The molecule has 1 heterocycles. The minimum Gasteiger partial charge on any atom is -0.459 e. The van der Waals surface area contributed by atoms with Gasteiger partial charge in [0.1, 0.15) is 12.1 Å². The first-order valence-corrected chi connectivity index (χ1v) is 9.06.